The number of fused-ring (bicyclic) bond motifs is 2. The number of aromatic nitrogens is 5. The minimum Gasteiger partial charge on any atom is -0.353 e. The van der Waals surface area contributed by atoms with Gasteiger partial charge in [-0.1, -0.05) is 18.7 Å². The lowest BCUT2D eigenvalue weighted by atomic mass is 10.0. The highest BCUT2D eigenvalue weighted by molar-refractivity contribution is 7.13. The highest BCUT2D eigenvalue weighted by Gasteiger charge is 2.17. The number of nitrogens with one attached hydrogen (secondary N) is 2. The molecule has 6 nitrogen and oxygen atoms in total. The Morgan fingerprint density at radius 2 is 2.00 bits per heavy atom. The third kappa shape index (κ3) is 5.16. The summed E-state index contributed by atoms with van der Waals surface area (Å²) in [5.74, 6) is 0. The lowest BCUT2D eigenvalue weighted by molar-refractivity contribution is 0.400. The Morgan fingerprint density at radius 3 is 2.73 bits per heavy atom. The zero-order valence-corrected chi connectivity index (χ0v) is 22.0. The normalized spacial score (nSPS) is 12.8. The molecule has 0 saturated carbocycles. The molecule has 0 radical (unpaired) electrons. The minimum atomic E-state index is -0.231. The summed E-state index contributed by atoms with van der Waals surface area (Å²) < 4.78 is 13.7. The zero-order chi connectivity index (χ0) is 25.9. The van der Waals surface area contributed by atoms with Crippen LogP contribution in [0.1, 0.15) is 25.5 Å². The smallest absolute Gasteiger partial charge is 0.177 e. The first-order chi connectivity index (χ1) is 18.0. The molecule has 0 bridgehead atoms. The molecular weight excluding hydrogens is 483 g/mol. The van der Waals surface area contributed by atoms with Crippen LogP contribution in [0.15, 0.2) is 73.0 Å². The second kappa shape index (κ2) is 10.6. The van der Waals surface area contributed by atoms with E-state index in [1.165, 1.54) is 11.6 Å². The standard InChI is InChI=1S/C29H29FN6S/c1-5-18(8-7-15-36(3)4)16-19(6-2)21-9-10-23-28(33-21)29(35-34-23)24-17-20-22(32-24)13-14-31-27(20)25-11-12-26(30)37-25/h5-6,9-14,16-17,32H,1,7-8,15H2,2-4H3,(H,34,35)/b18-16+,19-6+. The summed E-state index contributed by atoms with van der Waals surface area (Å²) in [6, 6.07) is 11.2. The molecule has 0 aliphatic carbocycles. The average Bonchev–Trinajstić information content (AvgIpc) is 3.62. The van der Waals surface area contributed by atoms with E-state index in [0.29, 0.717) is 0 Å². The Morgan fingerprint density at radius 1 is 1.14 bits per heavy atom. The monoisotopic (exact) mass is 512 g/mol. The Balaban J connectivity index is 1.52. The number of aromatic amines is 2. The van der Waals surface area contributed by atoms with Crippen LogP contribution in [-0.4, -0.2) is 50.7 Å². The SMILES string of the molecule is C=C/C(=C\C(=C/C)c1ccc2[nH]nc(-c3cc4c(-c5ccc(F)s5)nccc4[nH]3)c2n1)CCCN(C)C. The van der Waals surface area contributed by atoms with Gasteiger partial charge in [0.2, 0.25) is 0 Å². The van der Waals surface area contributed by atoms with E-state index in [-0.39, 0.29) is 5.13 Å². The molecule has 5 aromatic rings. The number of rotatable bonds is 9. The maximum Gasteiger partial charge on any atom is 0.177 e. The number of H-pyrrole nitrogens is 2. The molecule has 0 amide bonds. The largest absolute Gasteiger partial charge is 0.353 e. The molecule has 0 unspecified atom stereocenters. The molecule has 0 saturated heterocycles. The van der Waals surface area contributed by atoms with E-state index >= 15 is 0 Å². The van der Waals surface area contributed by atoms with Crippen LogP contribution < -0.4 is 0 Å². The summed E-state index contributed by atoms with van der Waals surface area (Å²) in [6.07, 6.45) is 9.92. The fraction of sp³-hybridized carbons (Fsp3) is 0.207. The number of pyridine rings is 2. The Bertz CT molecular complexity index is 1630. The van der Waals surface area contributed by atoms with Gasteiger partial charge in [0, 0.05) is 17.1 Å². The third-order valence-electron chi connectivity index (χ3n) is 6.30. The summed E-state index contributed by atoms with van der Waals surface area (Å²) in [5.41, 5.74) is 7.93. The number of halogens is 1. The molecule has 2 N–H and O–H groups in total. The van der Waals surface area contributed by atoms with Crippen molar-refractivity contribution in [1.29, 1.82) is 0 Å². The summed E-state index contributed by atoms with van der Waals surface area (Å²) in [4.78, 5) is 15.9. The van der Waals surface area contributed by atoms with Gasteiger partial charge < -0.3 is 9.88 Å². The van der Waals surface area contributed by atoms with Gasteiger partial charge in [-0.15, -0.1) is 11.3 Å². The second-order valence-corrected chi connectivity index (χ2v) is 10.2. The van der Waals surface area contributed by atoms with Crippen molar-refractivity contribution in [3.05, 3.63) is 83.8 Å². The summed E-state index contributed by atoms with van der Waals surface area (Å²) >= 11 is 1.09. The highest BCUT2D eigenvalue weighted by atomic mass is 32.1. The predicted octanol–water partition coefficient (Wildman–Crippen LogP) is 7.23. The molecule has 5 aromatic heterocycles. The van der Waals surface area contributed by atoms with E-state index in [2.05, 4.69) is 57.9 Å². The van der Waals surface area contributed by atoms with Gasteiger partial charge >= 0.3 is 0 Å². The van der Waals surface area contributed by atoms with Gasteiger partial charge in [0.25, 0.3) is 0 Å². The van der Waals surface area contributed by atoms with E-state index in [1.54, 1.807) is 12.3 Å². The quantitative estimate of drug-likeness (QED) is 0.204. The average molecular weight is 513 g/mol. The maximum atomic E-state index is 13.7. The van der Waals surface area contributed by atoms with Crippen molar-refractivity contribution in [3.63, 3.8) is 0 Å². The van der Waals surface area contributed by atoms with Crippen molar-refractivity contribution in [2.24, 2.45) is 0 Å². The van der Waals surface area contributed by atoms with E-state index < -0.39 is 0 Å². The van der Waals surface area contributed by atoms with Gasteiger partial charge in [-0.25, -0.2) is 4.98 Å². The van der Waals surface area contributed by atoms with Crippen LogP contribution in [0.3, 0.4) is 0 Å². The van der Waals surface area contributed by atoms with Crippen molar-refractivity contribution >= 4 is 38.8 Å². The van der Waals surface area contributed by atoms with Crippen molar-refractivity contribution in [2.45, 2.75) is 19.8 Å². The van der Waals surface area contributed by atoms with Crippen LogP contribution >= 0.6 is 11.3 Å². The van der Waals surface area contributed by atoms with Crippen molar-refractivity contribution < 1.29 is 4.39 Å². The molecule has 0 aliphatic rings. The number of allylic oxidation sites excluding steroid dienone is 5. The third-order valence-corrected chi connectivity index (χ3v) is 7.18. The highest BCUT2D eigenvalue weighted by Crippen LogP contribution is 2.35. The maximum absolute atomic E-state index is 13.7. The van der Waals surface area contributed by atoms with Gasteiger partial charge in [-0.3, -0.25) is 10.1 Å². The van der Waals surface area contributed by atoms with Gasteiger partial charge in [-0.05, 0) is 94.0 Å². The van der Waals surface area contributed by atoms with Gasteiger partial charge in [0.15, 0.2) is 5.13 Å². The fourth-order valence-corrected chi connectivity index (χ4v) is 5.15. The Labute approximate surface area is 219 Å². The van der Waals surface area contributed by atoms with E-state index in [0.717, 1.165) is 85.9 Å². The van der Waals surface area contributed by atoms with E-state index in [9.17, 15) is 4.39 Å². The summed E-state index contributed by atoms with van der Waals surface area (Å²) in [7, 11) is 4.17. The molecule has 0 aliphatic heterocycles. The van der Waals surface area contributed by atoms with Gasteiger partial charge in [0.05, 0.1) is 27.5 Å². The molecule has 0 spiro atoms. The van der Waals surface area contributed by atoms with Crippen LogP contribution in [0, 0.1) is 5.13 Å². The Kier molecular flexibility index (Phi) is 7.12. The molecule has 8 heteroatoms. The first-order valence-electron chi connectivity index (χ1n) is 12.2. The molecule has 188 valence electrons. The molecule has 5 rings (SSSR count). The zero-order valence-electron chi connectivity index (χ0n) is 21.2. The number of nitrogens with zero attached hydrogens (tertiary/aromatic N) is 4. The lowest BCUT2D eigenvalue weighted by Crippen LogP contribution is -2.12. The van der Waals surface area contributed by atoms with Gasteiger partial charge in [0.1, 0.15) is 11.2 Å². The van der Waals surface area contributed by atoms with Crippen LogP contribution in [0.5, 0.6) is 0 Å². The topological polar surface area (TPSA) is 73.5 Å². The number of hydrogen-bond acceptors (Lipinski definition) is 5. The van der Waals surface area contributed by atoms with Crippen LogP contribution in [0.4, 0.5) is 4.39 Å². The number of hydrogen-bond donors (Lipinski definition) is 2. The van der Waals surface area contributed by atoms with Crippen molar-refractivity contribution in [3.8, 4) is 22.0 Å². The van der Waals surface area contributed by atoms with Crippen molar-refractivity contribution in [2.75, 3.05) is 20.6 Å². The van der Waals surface area contributed by atoms with E-state index in [4.69, 9.17) is 4.98 Å². The number of thiophene rings is 1. The summed E-state index contributed by atoms with van der Waals surface area (Å²) in [6.45, 7) is 7.06. The second-order valence-electron chi connectivity index (χ2n) is 9.15. The molecule has 5 heterocycles. The fourth-order valence-electron chi connectivity index (χ4n) is 4.40. The molecule has 0 fully saturated rings. The lowest BCUT2D eigenvalue weighted by Gasteiger charge is -2.10. The predicted molar refractivity (Wildman–Crippen MR) is 152 cm³/mol. The first-order valence-corrected chi connectivity index (χ1v) is 13.0. The molecule has 0 aromatic carbocycles. The Hall–Kier alpha value is -3.88. The first kappa shape index (κ1) is 24.8. The van der Waals surface area contributed by atoms with Gasteiger partial charge in [-0.2, -0.15) is 9.49 Å². The molecule has 0 atom stereocenters. The molecule has 37 heavy (non-hydrogen) atoms. The van der Waals surface area contributed by atoms with Crippen LogP contribution in [0.25, 0.3) is 49.5 Å². The molecular formula is C29H29FN6S. The minimum absolute atomic E-state index is 0.231. The summed E-state index contributed by atoms with van der Waals surface area (Å²) in [5, 5.41) is 8.36. The van der Waals surface area contributed by atoms with E-state index in [1.807, 2.05) is 37.3 Å². The van der Waals surface area contributed by atoms with Crippen LogP contribution in [-0.2, 0) is 0 Å². The van der Waals surface area contributed by atoms with Crippen molar-refractivity contribution in [1.82, 2.24) is 30.0 Å². The van der Waals surface area contributed by atoms with Crippen LogP contribution in [0.2, 0.25) is 0 Å².